The molecule has 1 aliphatic heterocycles. The van der Waals surface area contributed by atoms with Crippen molar-refractivity contribution >= 4 is 43.5 Å². The first kappa shape index (κ1) is 26.1. The molecule has 4 rings (SSSR count). The maximum absolute atomic E-state index is 13.0. The molecule has 3 aromatic rings. The third-order valence-electron chi connectivity index (χ3n) is 6.21. The van der Waals surface area contributed by atoms with E-state index in [1.165, 1.54) is 4.31 Å². The molecule has 0 aliphatic carbocycles. The van der Waals surface area contributed by atoms with Gasteiger partial charge >= 0.3 is 0 Å². The monoisotopic (exact) mass is 569 g/mol. The van der Waals surface area contributed by atoms with Crippen LogP contribution in [-0.4, -0.2) is 37.6 Å². The summed E-state index contributed by atoms with van der Waals surface area (Å²) in [6.07, 6.45) is 0.849. The van der Waals surface area contributed by atoms with E-state index in [-0.39, 0.29) is 36.6 Å². The van der Waals surface area contributed by atoms with Crippen molar-refractivity contribution in [3.8, 4) is 0 Å². The van der Waals surface area contributed by atoms with Crippen LogP contribution in [-0.2, 0) is 27.1 Å². The fraction of sp³-hybridized carbons (Fsp3) is 0.259. The van der Waals surface area contributed by atoms with Gasteiger partial charge in [0.1, 0.15) is 0 Å². The number of hydrogen-bond acceptors (Lipinski definition) is 4. The number of rotatable bonds is 8. The number of nitrogens with zero attached hydrogens (tertiary/aromatic N) is 1. The lowest BCUT2D eigenvalue weighted by molar-refractivity contribution is -0.120. The van der Waals surface area contributed by atoms with E-state index in [9.17, 15) is 18.0 Å². The van der Waals surface area contributed by atoms with E-state index in [2.05, 4.69) is 26.6 Å². The second-order valence-corrected chi connectivity index (χ2v) is 11.6. The number of anilines is 1. The van der Waals surface area contributed by atoms with Crippen LogP contribution in [0, 0.1) is 5.92 Å². The molecular formula is C27H28BrN3O4S. The lowest BCUT2D eigenvalue weighted by Crippen LogP contribution is -2.42. The number of nitrogens with one attached hydrogen (secondary N) is 2. The predicted molar refractivity (Wildman–Crippen MR) is 144 cm³/mol. The van der Waals surface area contributed by atoms with E-state index in [1.54, 1.807) is 36.4 Å². The third-order valence-corrected chi connectivity index (χ3v) is 8.58. The van der Waals surface area contributed by atoms with Gasteiger partial charge in [0.25, 0.3) is 5.91 Å². The maximum atomic E-state index is 13.0. The van der Waals surface area contributed by atoms with Crippen molar-refractivity contribution in [1.82, 2.24) is 9.62 Å². The smallest absolute Gasteiger partial charge is 0.253 e. The number of carbonyl (C=O) groups excluding carboxylic acids is 2. The van der Waals surface area contributed by atoms with Crippen LogP contribution < -0.4 is 10.6 Å². The summed E-state index contributed by atoms with van der Waals surface area (Å²) in [6, 6.07) is 23.7. The lowest BCUT2D eigenvalue weighted by Gasteiger charge is -2.30. The minimum Gasteiger partial charge on any atom is -0.348 e. The van der Waals surface area contributed by atoms with Gasteiger partial charge in [0, 0.05) is 30.0 Å². The van der Waals surface area contributed by atoms with Crippen molar-refractivity contribution in [1.29, 1.82) is 0 Å². The molecule has 0 radical (unpaired) electrons. The molecule has 1 saturated heterocycles. The molecule has 7 nitrogen and oxygen atoms in total. The fourth-order valence-electron chi connectivity index (χ4n) is 4.18. The molecule has 36 heavy (non-hydrogen) atoms. The van der Waals surface area contributed by atoms with Crippen LogP contribution in [0.5, 0.6) is 0 Å². The van der Waals surface area contributed by atoms with Gasteiger partial charge in [0.05, 0.1) is 17.0 Å². The van der Waals surface area contributed by atoms with Crippen molar-refractivity contribution in [3.05, 3.63) is 100 Å². The Bertz CT molecular complexity index is 1310. The van der Waals surface area contributed by atoms with E-state index in [0.717, 1.165) is 15.6 Å². The molecule has 188 valence electrons. The summed E-state index contributed by atoms with van der Waals surface area (Å²) in [6.45, 7) is 0.960. The molecular weight excluding hydrogens is 542 g/mol. The number of sulfonamides is 1. The second kappa shape index (κ2) is 11.8. The third kappa shape index (κ3) is 6.81. The van der Waals surface area contributed by atoms with Gasteiger partial charge in [-0.05, 0) is 48.2 Å². The zero-order chi connectivity index (χ0) is 25.5. The SMILES string of the molecule is O=C(NCc1ccccc1)c1ccccc1NC(=O)C1CCN(S(=O)(=O)Cc2ccc(Br)cc2)CC1. The number of carbonyl (C=O) groups is 2. The van der Waals surface area contributed by atoms with E-state index < -0.39 is 10.0 Å². The van der Waals surface area contributed by atoms with Crippen molar-refractivity contribution in [3.63, 3.8) is 0 Å². The van der Waals surface area contributed by atoms with Crippen LogP contribution in [0.3, 0.4) is 0 Å². The van der Waals surface area contributed by atoms with E-state index in [0.29, 0.717) is 30.6 Å². The molecule has 0 aromatic heterocycles. The Morgan fingerprint density at radius 2 is 1.50 bits per heavy atom. The van der Waals surface area contributed by atoms with Gasteiger partial charge in [0.2, 0.25) is 15.9 Å². The van der Waals surface area contributed by atoms with Gasteiger partial charge in [-0.25, -0.2) is 12.7 Å². The van der Waals surface area contributed by atoms with Crippen LogP contribution in [0.1, 0.15) is 34.3 Å². The molecule has 0 atom stereocenters. The van der Waals surface area contributed by atoms with Crippen molar-refractivity contribution in [2.45, 2.75) is 25.1 Å². The molecule has 9 heteroatoms. The summed E-state index contributed by atoms with van der Waals surface area (Å²) < 4.78 is 28.1. The number of benzene rings is 3. The van der Waals surface area contributed by atoms with Crippen LogP contribution in [0.15, 0.2) is 83.3 Å². The Labute approximate surface area is 220 Å². The highest BCUT2D eigenvalue weighted by Crippen LogP contribution is 2.24. The summed E-state index contributed by atoms with van der Waals surface area (Å²) >= 11 is 3.36. The Hall–Kier alpha value is -3.01. The molecule has 2 amide bonds. The zero-order valence-electron chi connectivity index (χ0n) is 19.7. The Balaban J connectivity index is 1.33. The van der Waals surface area contributed by atoms with Gasteiger partial charge < -0.3 is 10.6 Å². The molecule has 2 N–H and O–H groups in total. The molecule has 1 fully saturated rings. The first-order valence-corrected chi connectivity index (χ1v) is 14.2. The quantitative estimate of drug-likeness (QED) is 0.415. The molecule has 0 spiro atoms. The number of hydrogen-bond donors (Lipinski definition) is 2. The van der Waals surface area contributed by atoms with Gasteiger partial charge in [-0.1, -0.05) is 70.5 Å². The Morgan fingerprint density at radius 1 is 0.861 bits per heavy atom. The first-order valence-electron chi connectivity index (χ1n) is 11.8. The number of halogens is 1. The normalized spacial score (nSPS) is 14.8. The van der Waals surface area contributed by atoms with E-state index >= 15 is 0 Å². The van der Waals surface area contributed by atoms with E-state index in [4.69, 9.17) is 0 Å². The summed E-state index contributed by atoms with van der Waals surface area (Å²) in [4.78, 5) is 25.8. The topological polar surface area (TPSA) is 95.6 Å². The lowest BCUT2D eigenvalue weighted by atomic mass is 9.97. The molecule has 1 aliphatic rings. The van der Waals surface area contributed by atoms with Gasteiger partial charge in [-0.2, -0.15) is 0 Å². The molecule has 1 heterocycles. The standard InChI is InChI=1S/C27H28BrN3O4S/c28-23-12-10-21(11-13-23)19-36(34,35)31-16-14-22(15-17-31)26(32)30-25-9-5-4-8-24(25)27(33)29-18-20-6-2-1-3-7-20/h1-13,22H,14-19H2,(H,29,33)(H,30,32). The van der Waals surface area contributed by atoms with Gasteiger partial charge in [-0.3, -0.25) is 9.59 Å². The largest absolute Gasteiger partial charge is 0.348 e. The average Bonchev–Trinajstić information content (AvgIpc) is 2.89. The van der Waals surface area contributed by atoms with E-state index in [1.807, 2.05) is 42.5 Å². The van der Waals surface area contributed by atoms with Crippen molar-refractivity contribution < 1.29 is 18.0 Å². The van der Waals surface area contributed by atoms with Crippen LogP contribution >= 0.6 is 15.9 Å². The Kier molecular flexibility index (Phi) is 8.56. The summed E-state index contributed by atoms with van der Waals surface area (Å²) in [7, 11) is -3.47. The fourth-order valence-corrected chi connectivity index (χ4v) is 6.00. The summed E-state index contributed by atoms with van der Waals surface area (Å²) in [5, 5.41) is 5.77. The molecule has 0 saturated carbocycles. The maximum Gasteiger partial charge on any atom is 0.253 e. The zero-order valence-corrected chi connectivity index (χ0v) is 22.1. The van der Waals surface area contributed by atoms with Crippen molar-refractivity contribution in [2.75, 3.05) is 18.4 Å². The van der Waals surface area contributed by atoms with Gasteiger partial charge in [-0.15, -0.1) is 0 Å². The van der Waals surface area contributed by atoms with Crippen LogP contribution in [0.2, 0.25) is 0 Å². The van der Waals surface area contributed by atoms with Crippen LogP contribution in [0.25, 0.3) is 0 Å². The number of para-hydroxylation sites is 1. The average molecular weight is 571 g/mol. The Morgan fingerprint density at radius 3 is 2.19 bits per heavy atom. The highest BCUT2D eigenvalue weighted by Gasteiger charge is 2.31. The second-order valence-electron chi connectivity index (χ2n) is 8.76. The summed E-state index contributed by atoms with van der Waals surface area (Å²) in [5.41, 5.74) is 2.53. The minimum atomic E-state index is -3.47. The number of piperidine rings is 1. The molecule has 3 aromatic carbocycles. The minimum absolute atomic E-state index is 0.0669. The summed E-state index contributed by atoms with van der Waals surface area (Å²) in [5.74, 6) is -0.876. The highest BCUT2D eigenvalue weighted by atomic mass is 79.9. The van der Waals surface area contributed by atoms with Crippen molar-refractivity contribution in [2.24, 2.45) is 5.92 Å². The van der Waals surface area contributed by atoms with Crippen LogP contribution in [0.4, 0.5) is 5.69 Å². The predicted octanol–water partition coefficient (Wildman–Crippen LogP) is 4.56. The van der Waals surface area contributed by atoms with Gasteiger partial charge in [0.15, 0.2) is 0 Å². The molecule has 0 unspecified atom stereocenters. The first-order chi connectivity index (χ1) is 17.3. The highest BCUT2D eigenvalue weighted by molar-refractivity contribution is 9.10. The number of amides is 2. The molecule has 0 bridgehead atoms.